The van der Waals surface area contributed by atoms with Gasteiger partial charge >= 0.3 is 0 Å². The zero-order valence-electron chi connectivity index (χ0n) is 17.1. The topological polar surface area (TPSA) is 76.1 Å². The molecule has 0 unspecified atom stereocenters. The van der Waals surface area contributed by atoms with E-state index < -0.39 is 10.0 Å². The molecule has 5 rings (SSSR count). The van der Waals surface area contributed by atoms with E-state index in [1.165, 1.54) is 0 Å². The van der Waals surface area contributed by atoms with E-state index in [1.54, 1.807) is 0 Å². The molecule has 2 fully saturated rings. The molecule has 3 aliphatic carbocycles. The lowest BCUT2D eigenvalue weighted by atomic mass is 9.94. The van der Waals surface area contributed by atoms with Crippen molar-refractivity contribution < 1.29 is 13.2 Å². The number of sulfonamides is 1. The van der Waals surface area contributed by atoms with Gasteiger partial charge in [0, 0.05) is 35.7 Å². The number of aryl methyl sites for hydroxylation is 1. The molecular formula is C24H26N2O3S. The van der Waals surface area contributed by atoms with Crippen LogP contribution in [0.1, 0.15) is 54.6 Å². The highest BCUT2D eigenvalue weighted by Crippen LogP contribution is 2.36. The fourth-order valence-corrected chi connectivity index (χ4v) is 5.87. The van der Waals surface area contributed by atoms with Gasteiger partial charge < -0.3 is 0 Å². The van der Waals surface area contributed by atoms with Crippen LogP contribution in [0.3, 0.4) is 0 Å². The van der Waals surface area contributed by atoms with Crippen LogP contribution in [0.15, 0.2) is 30.3 Å². The van der Waals surface area contributed by atoms with Crippen molar-refractivity contribution >= 4 is 27.6 Å². The highest BCUT2D eigenvalue weighted by Gasteiger charge is 2.31. The Morgan fingerprint density at radius 1 is 1.13 bits per heavy atom. The number of nitrogens with zero attached hydrogens (tertiary/aromatic N) is 1. The summed E-state index contributed by atoms with van der Waals surface area (Å²) >= 11 is 0. The number of ketones is 1. The SMILES string of the molecule is Cc1cc(NS(=O)(=O)C2CCC2)ccc1-c1cc(CC(=O)C2CC2)nc2c1C=CC2. The van der Waals surface area contributed by atoms with Crippen molar-refractivity contribution in [3.05, 3.63) is 52.9 Å². The highest BCUT2D eigenvalue weighted by atomic mass is 32.2. The van der Waals surface area contributed by atoms with Crippen LogP contribution < -0.4 is 4.72 Å². The number of pyridine rings is 1. The molecule has 6 heteroatoms. The molecule has 2 aromatic rings. The van der Waals surface area contributed by atoms with Crippen molar-refractivity contribution in [2.24, 2.45) is 5.92 Å². The number of hydrogen-bond donors (Lipinski definition) is 1. The smallest absolute Gasteiger partial charge is 0.235 e. The summed E-state index contributed by atoms with van der Waals surface area (Å²) in [6, 6.07) is 7.74. The van der Waals surface area contributed by atoms with Crippen LogP contribution in [-0.2, 0) is 27.7 Å². The molecule has 0 saturated heterocycles. The Hall–Kier alpha value is -2.47. The van der Waals surface area contributed by atoms with Gasteiger partial charge in [-0.3, -0.25) is 14.5 Å². The van der Waals surface area contributed by atoms with Gasteiger partial charge in [-0.15, -0.1) is 0 Å². The summed E-state index contributed by atoms with van der Waals surface area (Å²) in [5, 5.41) is -0.266. The molecule has 1 aromatic heterocycles. The second kappa shape index (κ2) is 7.34. The van der Waals surface area contributed by atoms with Crippen LogP contribution in [0.4, 0.5) is 5.69 Å². The predicted molar refractivity (Wildman–Crippen MR) is 119 cm³/mol. The number of Topliss-reactive ketones (excluding diaryl/α,β-unsaturated/α-hetero) is 1. The van der Waals surface area contributed by atoms with Crippen molar-refractivity contribution in [1.82, 2.24) is 4.98 Å². The van der Waals surface area contributed by atoms with Gasteiger partial charge in [0.15, 0.2) is 0 Å². The van der Waals surface area contributed by atoms with Gasteiger partial charge in [0.05, 0.1) is 10.9 Å². The van der Waals surface area contributed by atoms with Crippen molar-refractivity contribution in [2.75, 3.05) is 4.72 Å². The van der Waals surface area contributed by atoms with Crippen LogP contribution in [0.25, 0.3) is 17.2 Å². The molecule has 0 atom stereocenters. The summed E-state index contributed by atoms with van der Waals surface area (Å²) in [5.41, 5.74) is 6.66. The Morgan fingerprint density at radius 3 is 2.60 bits per heavy atom. The first-order valence-corrected chi connectivity index (χ1v) is 12.3. The summed E-state index contributed by atoms with van der Waals surface area (Å²) in [6.45, 7) is 2.00. The Bertz CT molecular complexity index is 1160. The first-order valence-electron chi connectivity index (χ1n) is 10.8. The van der Waals surface area contributed by atoms with Crippen molar-refractivity contribution in [3.8, 4) is 11.1 Å². The van der Waals surface area contributed by atoms with Crippen LogP contribution in [0, 0.1) is 12.8 Å². The fourth-order valence-electron chi connectivity index (χ4n) is 4.30. The Morgan fingerprint density at radius 2 is 1.93 bits per heavy atom. The third kappa shape index (κ3) is 3.69. The molecule has 5 nitrogen and oxygen atoms in total. The van der Waals surface area contributed by atoms with Gasteiger partial charge in [-0.2, -0.15) is 0 Å². The minimum atomic E-state index is -3.31. The minimum Gasteiger partial charge on any atom is -0.299 e. The van der Waals surface area contributed by atoms with E-state index in [9.17, 15) is 13.2 Å². The number of carbonyl (C=O) groups excluding carboxylic acids is 1. The van der Waals surface area contributed by atoms with E-state index in [0.29, 0.717) is 12.1 Å². The highest BCUT2D eigenvalue weighted by molar-refractivity contribution is 7.93. The van der Waals surface area contributed by atoms with E-state index >= 15 is 0 Å². The van der Waals surface area contributed by atoms with Gasteiger partial charge in [0.1, 0.15) is 5.78 Å². The summed E-state index contributed by atoms with van der Waals surface area (Å²) in [7, 11) is -3.31. The lowest BCUT2D eigenvalue weighted by Gasteiger charge is -2.25. The molecule has 0 spiro atoms. The molecule has 1 N–H and O–H groups in total. The molecule has 0 bridgehead atoms. The van der Waals surface area contributed by atoms with Crippen LogP contribution in [0.2, 0.25) is 0 Å². The molecule has 2 saturated carbocycles. The van der Waals surface area contributed by atoms with Crippen molar-refractivity contribution in [2.45, 2.75) is 57.1 Å². The number of hydrogen-bond acceptors (Lipinski definition) is 4. The zero-order valence-corrected chi connectivity index (χ0v) is 18.0. The number of anilines is 1. The Balaban J connectivity index is 1.46. The van der Waals surface area contributed by atoms with Gasteiger partial charge in [0.2, 0.25) is 10.0 Å². The third-order valence-electron chi connectivity index (χ3n) is 6.44. The second-order valence-corrected chi connectivity index (χ2v) is 10.7. The lowest BCUT2D eigenvalue weighted by molar-refractivity contribution is -0.119. The summed E-state index contributed by atoms with van der Waals surface area (Å²) in [5.74, 6) is 0.517. The molecule has 1 heterocycles. The molecular weight excluding hydrogens is 396 g/mol. The first kappa shape index (κ1) is 19.5. The normalized spacial score (nSPS) is 18.2. The van der Waals surface area contributed by atoms with E-state index in [4.69, 9.17) is 4.98 Å². The Kier molecular flexibility index (Phi) is 4.77. The van der Waals surface area contributed by atoms with Gasteiger partial charge in [-0.1, -0.05) is 24.6 Å². The number of aromatic nitrogens is 1. The number of carbonyl (C=O) groups is 1. The maximum Gasteiger partial charge on any atom is 0.235 e. The second-order valence-electron chi connectivity index (χ2n) is 8.78. The number of benzene rings is 1. The van der Waals surface area contributed by atoms with E-state index in [1.807, 2.05) is 31.2 Å². The largest absolute Gasteiger partial charge is 0.299 e. The summed E-state index contributed by atoms with van der Waals surface area (Å²) in [4.78, 5) is 17.1. The minimum absolute atomic E-state index is 0.228. The van der Waals surface area contributed by atoms with Crippen LogP contribution >= 0.6 is 0 Å². The Labute approximate surface area is 177 Å². The molecule has 0 amide bonds. The molecule has 0 radical (unpaired) electrons. The first-order chi connectivity index (χ1) is 14.4. The maximum absolute atomic E-state index is 12.4. The van der Waals surface area contributed by atoms with E-state index in [0.717, 1.165) is 72.2 Å². The monoisotopic (exact) mass is 422 g/mol. The lowest BCUT2D eigenvalue weighted by Crippen LogP contribution is -2.33. The number of nitrogens with one attached hydrogen (secondary N) is 1. The number of fused-ring (bicyclic) bond motifs is 1. The van der Waals surface area contributed by atoms with Gasteiger partial charge in [-0.25, -0.2) is 8.42 Å². The molecule has 156 valence electrons. The van der Waals surface area contributed by atoms with E-state index in [-0.39, 0.29) is 17.0 Å². The van der Waals surface area contributed by atoms with Gasteiger partial charge in [0.25, 0.3) is 0 Å². The number of rotatable bonds is 7. The van der Waals surface area contributed by atoms with E-state index in [2.05, 4.69) is 16.9 Å². The van der Waals surface area contributed by atoms with Crippen molar-refractivity contribution in [1.29, 1.82) is 0 Å². The van der Waals surface area contributed by atoms with Crippen LogP contribution in [-0.4, -0.2) is 24.4 Å². The van der Waals surface area contributed by atoms with Crippen molar-refractivity contribution in [3.63, 3.8) is 0 Å². The average Bonchev–Trinajstić information content (AvgIpc) is 3.37. The maximum atomic E-state index is 12.4. The summed E-state index contributed by atoms with van der Waals surface area (Å²) in [6.07, 6.45) is 9.85. The fraction of sp³-hybridized carbons (Fsp3) is 0.417. The quantitative estimate of drug-likeness (QED) is 0.716. The molecule has 0 aliphatic heterocycles. The van der Waals surface area contributed by atoms with Crippen LogP contribution in [0.5, 0.6) is 0 Å². The molecule has 3 aliphatic rings. The molecule has 30 heavy (non-hydrogen) atoms. The average molecular weight is 423 g/mol. The zero-order chi connectivity index (χ0) is 20.9. The number of allylic oxidation sites excluding steroid dienone is 1. The third-order valence-corrected chi connectivity index (χ3v) is 8.31. The van der Waals surface area contributed by atoms with Gasteiger partial charge in [-0.05, 0) is 67.5 Å². The predicted octanol–water partition coefficient (Wildman–Crippen LogP) is 4.44. The molecule has 1 aromatic carbocycles. The standard InChI is InChI=1S/C24H26N2O3S/c1-15-12-17(26-30(28,29)19-4-2-5-19)10-11-20(15)22-13-18(14-24(27)16-8-9-16)25-23-7-3-6-21(22)23/h3,6,10-13,16,19,26H,2,4-5,7-9,14H2,1H3. The summed E-state index contributed by atoms with van der Waals surface area (Å²) < 4.78 is 27.6.